The fourth-order valence-electron chi connectivity index (χ4n) is 0.684. The summed E-state index contributed by atoms with van der Waals surface area (Å²) in [5.74, 6) is -5.98. The van der Waals surface area contributed by atoms with Crippen LogP contribution in [0.3, 0.4) is 0 Å². The van der Waals surface area contributed by atoms with Gasteiger partial charge in [-0.3, -0.25) is 0 Å². The number of aliphatic carboxylic acids is 3. The van der Waals surface area contributed by atoms with Gasteiger partial charge in [0.1, 0.15) is 5.60 Å². The normalized spacial score (nSPS) is 9.40. The third-order valence-corrected chi connectivity index (χ3v) is 1.25. The zero-order valence-corrected chi connectivity index (χ0v) is 8.80. The quantitative estimate of drug-likeness (QED) is 0.499. The van der Waals surface area contributed by atoms with Crippen LogP contribution in [0.1, 0.15) is 12.8 Å². The van der Waals surface area contributed by atoms with Crippen LogP contribution >= 0.6 is 0 Å². The van der Waals surface area contributed by atoms with Crippen molar-refractivity contribution in [3.05, 3.63) is 0 Å². The Morgan fingerprint density at radius 2 is 1.20 bits per heavy atom. The van der Waals surface area contributed by atoms with Crippen molar-refractivity contribution >= 4 is 17.9 Å². The van der Waals surface area contributed by atoms with E-state index < -0.39 is 36.4 Å². The van der Waals surface area contributed by atoms with Gasteiger partial charge in [-0.05, 0) is 0 Å². The summed E-state index contributed by atoms with van der Waals surface area (Å²) >= 11 is 0. The van der Waals surface area contributed by atoms with Crippen molar-refractivity contribution in [1.82, 2.24) is 0 Å². The van der Waals surface area contributed by atoms with Gasteiger partial charge in [0, 0.05) is 24.8 Å². The van der Waals surface area contributed by atoms with Crippen molar-refractivity contribution in [2.45, 2.75) is 18.4 Å². The van der Waals surface area contributed by atoms with Crippen molar-refractivity contribution in [1.29, 1.82) is 0 Å². The van der Waals surface area contributed by atoms with E-state index in [0.29, 0.717) is 0 Å². The van der Waals surface area contributed by atoms with Crippen molar-refractivity contribution in [2.24, 2.45) is 0 Å². The van der Waals surface area contributed by atoms with E-state index >= 15 is 0 Å². The monoisotopic (exact) mass is 315 g/mol. The van der Waals surface area contributed by atoms with Gasteiger partial charge in [-0.25, -0.2) is 0 Å². The Balaban J connectivity index is -0.000000720. The number of aliphatic hydroxyl groups is 1. The third-order valence-electron chi connectivity index (χ3n) is 1.25. The van der Waals surface area contributed by atoms with Crippen molar-refractivity contribution in [3.63, 3.8) is 0 Å². The predicted molar refractivity (Wildman–Crippen MR) is 29.2 cm³/mol. The van der Waals surface area contributed by atoms with Crippen LogP contribution in [0.5, 0.6) is 0 Å². The summed E-state index contributed by atoms with van der Waals surface area (Å²) in [6, 6.07) is 0. The van der Waals surface area contributed by atoms with Crippen LogP contribution < -0.4 is 15.3 Å². The minimum absolute atomic E-state index is 0. The molecule has 15 heavy (non-hydrogen) atoms. The largest absolute Gasteiger partial charge is 1.00 e. The van der Waals surface area contributed by atoms with Crippen molar-refractivity contribution < 1.29 is 68.9 Å². The summed E-state index contributed by atoms with van der Waals surface area (Å²) in [5, 5.41) is 38.9. The molecule has 7 nitrogen and oxygen atoms in total. The van der Waals surface area contributed by atoms with Crippen LogP contribution in [0.2, 0.25) is 0 Å². The van der Waals surface area contributed by atoms with Crippen LogP contribution in [0, 0.1) is 0 Å². The van der Waals surface area contributed by atoms with Gasteiger partial charge >= 0.3 is 34.1 Å². The molecule has 94 valence electrons. The smallest absolute Gasteiger partial charge is 0.550 e. The molecule has 0 aliphatic rings. The first-order chi connectivity index (χ1) is 5.78. The molecule has 0 amide bonds. The first kappa shape index (κ1) is 19.9. The molecule has 0 radical (unpaired) electrons. The standard InChI is InChI=1S/C6H8O7.2Cu/c7-3(8)1-6(13,5(11)12)2-4(9)10;;/h13H,1-2H2,(H,7,8)(H,9,10)(H,11,12);;/q;2*+1/p-3. The number of carboxylic acid groups (broad SMARTS) is 3. The van der Waals surface area contributed by atoms with E-state index in [1.165, 1.54) is 0 Å². The minimum Gasteiger partial charge on any atom is -0.550 e. The fraction of sp³-hybridized carbons (Fsp3) is 0.500. The molecule has 9 heteroatoms. The van der Waals surface area contributed by atoms with E-state index in [1.807, 2.05) is 0 Å². The molecular weight excluding hydrogens is 311 g/mol. The molecule has 0 aromatic carbocycles. The van der Waals surface area contributed by atoms with E-state index in [2.05, 4.69) is 0 Å². The van der Waals surface area contributed by atoms with E-state index in [4.69, 9.17) is 5.11 Å². The molecule has 0 heterocycles. The molecule has 0 unspecified atom stereocenters. The maximum atomic E-state index is 10.1. The molecule has 0 aromatic rings. The average molecular weight is 316 g/mol. The van der Waals surface area contributed by atoms with Crippen LogP contribution in [0.4, 0.5) is 0 Å². The van der Waals surface area contributed by atoms with Gasteiger partial charge < -0.3 is 34.8 Å². The molecule has 0 atom stereocenters. The summed E-state index contributed by atoms with van der Waals surface area (Å²) in [6.07, 6.45) is -2.72. The third kappa shape index (κ3) is 7.35. The number of carbonyl (C=O) groups excluding carboxylic acids is 3. The van der Waals surface area contributed by atoms with Gasteiger partial charge in [0.2, 0.25) is 0 Å². The molecule has 0 bridgehead atoms. The van der Waals surface area contributed by atoms with E-state index in [0.717, 1.165) is 0 Å². The zero-order valence-electron chi connectivity index (χ0n) is 6.91. The Bertz CT molecular complexity index is 236. The number of carbonyl (C=O) groups is 3. The molecule has 0 aliphatic carbocycles. The molecule has 0 rings (SSSR count). The van der Waals surface area contributed by atoms with Gasteiger partial charge in [0.05, 0.1) is 5.97 Å². The van der Waals surface area contributed by atoms with Crippen LogP contribution in [-0.4, -0.2) is 28.6 Å². The van der Waals surface area contributed by atoms with Gasteiger partial charge in [-0.1, -0.05) is 0 Å². The Morgan fingerprint density at radius 1 is 0.933 bits per heavy atom. The summed E-state index contributed by atoms with van der Waals surface area (Å²) in [7, 11) is 0. The molecule has 0 aliphatic heterocycles. The van der Waals surface area contributed by atoms with Crippen LogP contribution in [-0.2, 0) is 48.5 Å². The van der Waals surface area contributed by atoms with E-state index in [-0.39, 0.29) is 34.1 Å². The first-order valence-corrected chi connectivity index (χ1v) is 3.11. The fourth-order valence-corrected chi connectivity index (χ4v) is 0.684. The molecule has 1 N–H and O–H groups in total. The topological polar surface area (TPSA) is 141 Å². The zero-order chi connectivity index (χ0) is 10.6. The number of rotatable bonds is 5. The molecule has 0 aromatic heterocycles. The minimum atomic E-state index is -2.97. The van der Waals surface area contributed by atoms with Gasteiger partial charge in [-0.15, -0.1) is 0 Å². The molecule has 0 saturated heterocycles. The Kier molecular flexibility index (Phi) is 10.2. The van der Waals surface area contributed by atoms with Crippen molar-refractivity contribution in [2.75, 3.05) is 0 Å². The average Bonchev–Trinajstić information content (AvgIpc) is 1.82. The molecular formula is C6H5Cu2O7-. The summed E-state index contributed by atoms with van der Waals surface area (Å²) < 4.78 is 0. The maximum absolute atomic E-state index is 10.1. The second-order valence-corrected chi connectivity index (χ2v) is 2.42. The van der Waals surface area contributed by atoms with Crippen molar-refractivity contribution in [3.8, 4) is 0 Å². The van der Waals surface area contributed by atoms with Gasteiger partial charge in [-0.2, -0.15) is 0 Å². The maximum Gasteiger partial charge on any atom is 1.00 e. The Labute approximate surface area is 105 Å². The van der Waals surface area contributed by atoms with Crippen LogP contribution in [0.15, 0.2) is 0 Å². The second-order valence-electron chi connectivity index (χ2n) is 2.42. The second kappa shape index (κ2) is 7.67. The number of hydrogen-bond acceptors (Lipinski definition) is 7. The summed E-state index contributed by atoms with van der Waals surface area (Å²) in [5.41, 5.74) is -2.97. The summed E-state index contributed by atoms with van der Waals surface area (Å²) in [4.78, 5) is 30.0. The SMILES string of the molecule is O=C([O-])CC(O)(CC(=O)[O-])C(=O)[O-].[Cu+].[Cu+]. The van der Waals surface area contributed by atoms with Gasteiger partial charge in [0.15, 0.2) is 0 Å². The number of hydrogen-bond donors (Lipinski definition) is 1. The van der Waals surface area contributed by atoms with Crippen LogP contribution in [0.25, 0.3) is 0 Å². The van der Waals surface area contributed by atoms with E-state index in [1.54, 1.807) is 0 Å². The molecule has 0 saturated carbocycles. The van der Waals surface area contributed by atoms with Gasteiger partial charge in [0.25, 0.3) is 0 Å². The molecule has 0 spiro atoms. The Hall–Kier alpha value is -0.591. The Morgan fingerprint density at radius 3 is 1.33 bits per heavy atom. The first-order valence-electron chi connectivity index (χ1n) is 3.11. The summed E-state index contributed by atoms with van der Waals surface area (Å²) in [6.45, 7) is 0. The van der Waals surface area contributed by atoms with E-state index in [9.17, 15) is 29.7 Å². The number of carboxylic acids is 3. The molecule has 0 fully saturated rings. The predicted octanol–water partition coefficient (Wildman–Crippen LogP) is -5.26.